The van der Waals surface area contributed by atoms with Gasteiger partial charge in [0.15, 0.2) is 5.84 Å². The Morgan fingerprint density at radius 3 is 2.63 bits per heavy atom. The van der Waals surface area contributed by atoms with Crippen LogP contribution in [0.1, 0.15) is 12.5 Å². The van der Waals surface area contributed by atoms with E-state index in [1.54, 1.807) is 6.92 Å². The molecule has 0 aromatic heterocycles. The van der Waals surface area contributed by atoms with E-state index >= 15 is 0 Å². The van der Waals surface area contributed by atoms with Crippen LogP contribution in [0, 0.1) is 0 Å². The number of amidine groups is 1. The molecule has 2 N–H and O–H groups in total. The molecule has 0 bridgehead atoms. The van der Waals surface area contributed by atoms with Crippen molar-refractivity contribution in [1.82, 2.24) is 5.48 Å². The topological polar surface area (TPSA) is 45.6 Å². The lowest BCUT2D eigenvalue weighted by Gasteiger charge is -2.12. The first-order valence-electron chi connectivity index (χ1n) is 5.41. The molecular weight excluding hydrogens is 283 g/mol. The third-order valence-electron chi connectivity index (χ3n) is 2.00. The smallest absolute Gasteiger partial charge is 0.276 e. The van der Waals surface area contributed by atoms with Gasteiger partial charge >= 0.3 is 6.18 Å². The average Bonchev–Trinajstić information content (AvgIpc) is 2.38. The van der Waals surface area contributed by atoms with Crippen LogP contribution in [0.4, 0.5) is 18.9 Å². The fourth-order valence-corrected chi connectivity index (χ4v) is 1.31. The van der Waals surface area contributed by atoms with E-state index in [0.717, 1.165) is 6.07 Å². The van der Waals surface area contributed by atoms with E-state index in [0.29, 0.717) is 6.61 Å². The van der Waals surface area contributed by atoms with E-state index in [2.05, 4.69) is 16.0 Å². The summed E-state index contributed by atoms with van der Waals surface area (Å²) in [6.07, 6.45) is -4.45. The van der Waals surface area contributed by atoms with Crippen molar-refractivity contribution in [3.8, 4) is 0 Å². The first kappa shape index (κ1) is 15.6. The number of halogens is 4. The number of para-hydroxylation sites is 1. The van der Waals surface area contributed by atoms with Crippen LogP contribution >= 0.6 is 11.6 Å². The largest absolute Gasteiger partial charge is 0.418 e. The van der Waals surface area contributed by atoms with Gasteiger partial charge in [0.25, 0.3) is 0 Å². The Hall–Kier alpha value is -1.47. The van der Waals surface area contributed by atoms with Crippen LogP contribution < -0.4 is 10.9 Å². The second kappa shape index (κ2) is 7.20. The van der Waals surface area contributed by atoms with Crippen LogP contribution in [-0.2, 0) is 11.0 Å². The third-order valence-corrected chi connectivity index (χ3v) is 2.26. The molecule has 106 valence electrons. The van der Waals surface area contributed by atoms with Gasteiger partial charge in [-0.15, -0.1) is 11.6 Å². The molecule has 0 unspecified atom stereocenters. The highest BCUT2D eigenvalue weighted by Crippen LogP contribution is 2.34. The van der Waals surface area contributed by atoms with Gasteiger partial charge in [-0.3, -0.25) is 15.7 Å². The van der Waals surface area contributed by atoms with Crippen molar-refractivity contribution in [2.24, 2.45) is 5.10 Å². The Kier molecular flexibility index (Phi) is 5.91. The lowest BCUT2D eigenvalue weighted by Crippen LogP contribution is -2.26. The molecule has 0 saturated heterocycles. The molecule has 0 amide bonds. The predicted octanol–water partition coefficient (Wildman–Crippen LogP) is 3.21. The Morgan fingerprint density at radius 2 is 2.05 bits per heavy atom. The highest BCUT2D eigenvalue weighted by molar-refractivity contribution is 6.28. The van der Waals surface area contributed by atoms with E-state index < -0.39 is 11.7 Å². The molecule has 1 rings (SSSR count). The van der Waals surface area contributed by atoms with E-state index in [1.165, 1.54) is 18.2 Å². The monoisotopic (exact) mass is 295 g/mol. The number of hydroxylamine groups is 1. The summed E-state index contributed by atoms with van der Waals surface area (Å²) in [5, 5.41) is 3.72. The summed E-state index contributed by atoms with van der Waals surface area (Å²) in [7, 11) is 0. The lowest BCUT2D eigenvalue weighted by molar-refractivity contribution is -0.136. The van der Waals surface area contributed by atoms with Crippen LogP contribution in [0.3, 0.4) is 0 Å². The number of hydrogen-bond acceptors (Lipinski definition) is 3. The number of alkyl halides is 4. The maximum Gasteiger partial charge on any atom is 0.418 e. The molecule has 0 aliphatic heterocycles. The van der Waals surface area contributed by atoms with Crippen molar-refractivity contribution in [3.05, 3.63) is 29.8 Å². The molecule has 0 aliphatic rings. The molecule has 4 nitrogen and oxygen atoms in total. The van der Waals surface area contributed by atoms with Gasteiger partial charge in [0, 0.05) is 0 Å². The first-order valence-corrected chi connectivity index (χ1v) is 5.95. The van der Waals surface area contributed by atoms with E-state index in [1.807, 2.05) is 0 Å². The van der Waals surface area contributed by atoms with Gasteiger partial charge in [-0.1, -0.05) is 12.1 Å². The fraction of sp³-hybridized carbons (Fsp3) is 0.364. The minimum absolute atomic E-state index is 0.0266. The maximum atomic E-state index is 12.7. The highest BCUT2D eigenvalue weighted by Gasteiger charge is 2.33. The molecule has 0 spiro atoms. The lowest BCUT2D eigenvalue weighted by atomic mass is 10.2. The van der Waals surface area contributed by atoms with Gasteiger partial charge < -0.3 is 0 Å². The molecule has 0 radical (unpaired) electrons. The average molecular weight is 296 g/mol. The minimum atomic E-state index is -4.45. The molecule has 1 aromatic carbocycles. The molecule has 0 heterocycles. The Labute approximate surface area is 113 Å². The SMILES string of the molecule is CCON/C(CCl)=N\Nc1ccccc1C(F)(F)F. The summed E-state index contributed by atoms with van der Waals surface area (Å²) in [6.45, 7) is 2.11. The summed E-state index contributed by atoms with van der Waals surface area (Å²) < 4.78 is 38.1. The van der Waals surface area contributed by atoms with Crippen LogP contribution in [0.2, 0.25) is 0 Å². The van der Waals surface area contributed by atoms with Gasteiger partial charge in [-0.2, -0.15) is 18.3 Å². The Balaban J connectivity index is 2.84. The van der Waals surface area contributed by atoms with Crippen LogP contribution in [-0.4, -0.2) is 18.3 Å². The summed E-state index contributed by atoms with van der Waals surface area (Å²) in [5.41, 5.74) is 3.78. The number of benzene rings is 1. The van der Waals surface area contributed by atoms with Crippen molar-refractivity contribution in [2.75, 3.05) is 17.9 Å². The van der Waals surface area contributed by atoms with E-state index in [-0.39, 0.29) is 17.4 Å². The van der Waals surface area contributed by atoms with Crippen molar-refractivity contribution in [1.29, 1.82) is 0 Å². The van der Waals surface area contributed by atoms with Crippen molar-refractivity contribution in [3.63, 3.8) is 0 Å². The number of nitrogens with one attached hydrogen (secondary N) is 2. The van der Waals surface area contributed by atoms with Crippen LogP contribution in [0.15, 0.2) is 29.4 Å². The van der Waals surface area contributed by atoms with E-state index in [4.69, 9.17) is 16.4 Å². The van der Waals surface area contributed by atoms with Crippen LogP contribution in [0.25, 0.3) is 0 Å². The predicted molar refractivity (Wildman–Crippen MR) is 68.0 cm³/mol. The minimum Gasteiger partial charge on any atom is -0.276 e. The van der Waals surface area contributed by atoms with Gasteiger partial charge in [0.2, 0.25) is 0 Å². The Morgan fingerprint density at radius 1 is 1.37 bits per heavy atom. The second-order valence-electron chi connectivity index (χ2n) is 3.38. The number of nitrogens with zero attached hydrogens (tertiary/aromatic N) is 1. The van der Waals surface area contributed by atoms with E-state index in [9.17, 15) is 13.2 Å². The van der Waals surface area contributed by atoms with Crippen molar-refractivity contribution >= 4 is 23.1 Å². The summed E-state index contributed by atoms with van der Waals surface area (Å²) in [6, 6.07) is 5.02. The first-order chi connectivity index (χ1) is 8.99. The molecule has 19 heavy (non-hydrogen) atoms. The maximum absolute atomic E-state index is 12.7. The summed E-state index contributed by atoms with van der Waals surface area (Å²) >= 11 is 5.56. The standard InChI is InChI=1S/C11H13ClF3N3O/c1-2-19-18-10(7-12)17-16-9-6-4-3-5-8(9)11(13,14)15/h3-6,16H,2,7H2,1H3,(H,17,18). The fourth-order valence-electron chi connectivity index (χ4n) is 1.19. The van der Waals surface area contributed by atoms with Gasteiger partial charge in [0.05, 0.1) is 23.7 Å². The molecule has 0 saturated carbocycles. The van der Waals surface area contributed by atoms with Crippen molar-refractivity contribution in [2.45, 2.75) is 13.1 Å². The zero-order valence-electron chi connectivity index (χ0n) is 10.1. The van der Waals surface area contributed by atoms with Crippen LogP contribution in [0.5, 0.6) is 0 Å². The molecule has 0 fully saturated rings. The number of rotatable bonds is 5. The number of hydrogen-bond donors (Lipinski definition) is 2. The second-order valence-corrected chi connectivity index (χ2v) is 3.65. The molecule has 0 aliphatic carbocycles. The molecule has 1 aromatic rings. The zero-order valence-corrected chi connectivity index (χ0v) is 10.8. The Bertz CT molecular complexity index is 437. The van der Waals surface area contributed by atoms with Gasteiger partial charge in [-0.25, -0.2) is 0 Å². The highest BCUT2D eigenvalue weighted by atomic mass is 35.5. The van der Waals surface area contributed by atoms with Gasteiger partial charge in [-0.05, 0) is 19.1 Å². The third kappa shape index (κ3) is 4.96. The molecular formula is C11H13ClF3N3O. The van der Waals surface area contributed by atoms with Crippen molar-refractivity contribution < 1.29 is 18.0 Å². The normalized spacial score (nSPS) is 12.4. The molecule has 0 atom stereocenters. The molecule has 8 heteroatoms. The summed E-state index contributed by atoms with van der Waals surface area (Å²) in [4.78, 5) is 4.85. The number of hydrazone groups is 1. The number of anilines is 1. The summed E-state index contributed by atoms with van der Waals surface area (Å²) in [5.74, 6) is 0.154. The van der Waals surface area contributed by atoms with Gasteiger partial charge in [0.1, 0.15) is 0 Å². The zero-order chi connectivity index (χ0) is 14.3. The quantitative estimate of drug-likeness (QED) is 0.379.